The minimum absolute atomic E-state index is 0.101. The van der Waals surface area contributed by atoms with E-state index in [-0.39, 0.29) is 6.54 Å². The van der Waals surface area contributed by atoms with E-state index >= 15 is 0 Å². The van der Waals surface area contributed by atoms with Gasteiger partial charge in [-0.3, -0.25) is 4.79 Å². The SMILES string of the molecule is CN1CCc2nnn(CC(=O)O)c2C1. The molecule has 0 aromatic carbocycles. The van der Waals surface area contributed by atoms with Gasteiger partial charge in [0.15, 0.2) is 0 Å². The fourth-order valence-electron chi connectivity index (χ4n) is 1.62. The Kier molecular flexibility index (Phi) is 2.20. The van der Waals surface area contributed by atoms with Crippen LogP contribution in [-0.2, 0) is 24.3 Å². The molecule has 0 saturated heterocycles. The van der Waals surface area contributed by atoms with Crippen molar-refractivity contribution in [3.63, 3.8) is 0 Å². The Balaban J connectivity index is 2.26. The summed E-state index contributed by atoms with van der Waals surface area (Å²) < 4.78 is 1.47. The molecule has 1 aromatic heterocycles. The van der Waals surface area contributed by atoms with Crippen LogP contribution in [0.25, 0.3) is 0 Å². The summed E-state index contributed by atoms with van der Waals surface area (Å²) >= 11 is 0. The molecule has 6 heteroatoms. The minimum atomic E-state index is -0.883. The number of carboxylic acids is 1. The summed E-state index contributed by atoms with van der Waals surface area (Å²) in [7, 11) is 2.00. The van der Waals surface area contributed by atoms with E-state index in [4.69, 9.17) is 5.11 Å². The number of likely N-dealkylation sites (N-methyl/N-ethyl adjacent to an activating group) is 1. The summed E-state index contributed by atoms with van der Waals surface area (Å²) in [6.07, 6.45) is 0.853. The van der Waals surface area contributed by atoms with E-state index in [9.17, 15) is 4.79 Å². The van der Waals surface area contributed by atoms with Gasteiger partial charge in [0.25, 0.3) is 0 Å². The van der Waals surface area contributed by atoms with E-state index < -0.39 is 5.97 Å². The van der Waals surface area contributed by atoms with Crippen LogP contribution in [0.1, 0.15) is 11.4 Å². The highest BCUT2D eigenvalue weighted by Gasteiger charge is 2.20. The van der Waals surface area contributed by atoms with E-state index in [0.29, 0.717) is 0 Å². The molecule has 0 saturated carbocycles. The van der Waals surface area contributed by atoms with E-state index in [2.05, 4.69) is 15.2 Å². The molecule has 1 aromatic rings. The quantitative estimate of drug-likeness (QED) is 0.680. The van der Waals surface area contributed by atoms with Gasteiger partial charge >= 0.3 is 5.97 Å². The van der Waals surface area contributed by atoms with Crippen molar-refractivity contribution >= 4 is 5.97 Å². The number of carbonyl (C=O) groups is 1. The molecule has 0 amide bonds. The second kappa shape index (κ2) is 3.38. The monoisotopic (exact) mass is 196 g/mol. The van der Waals surface area contributed by atoms with Gasteiger partial charge in [-0.15, -0.1) is 5.10 Å². The van der Waals surface area contributed by atoms with Crippen LogP contribution in [-0.4, -0.2) is 44.6 Å². The fourth-order valence-corrected chi connectivity index (χ4v) is 1.62. The molecule has 0 fully saturated rings. The highest BCUT2D eigenvalue weighted by Crippen LogP contribution is 2.14. The Morgan fingerprint density at radius 1 is 1.64 bits per heavy atom. The van der Waals surface area contributed by atoms with Gasteiger partial charge in [0.2, 0.25) is 0 Å². The summed E-state index contributed by atoms with van der Waals surface area (Å²) in [4.78, 5) is 12.7. The number of aliphatic carboxylic acids is 1. The molecule has 0 aliphatic carbocycles. The Morgan fingerprint density at radius 2 is 2.43 bits per heavy atom. The first-order valence-corrected chi connectivity index (χ1v) is 4.48. The van der Waals surface area contributed by atoms with E-state index in [1.54, 1.807) is 0 Å². The van der Waals surface area contributed by atoms with Gasteiger partial charge in [-0.05, 0) is 7.05 Å². The van der Waals surface area contributed by atoms with E-state index in [1.807, 2.05) is 7.05 Å². The van der Waals surface area contributed by atoms with Gasteiger partial charge < -0.3 is 10.0 Å². The highest BCUT2D eigenvalue weighted by molar-refractivity contribution is 5.66. The van der Waals surface area contributed by atoms with Crippen LogP contribution in [0.5, 0.6) is 0 Å². The average Bonchev–Trinajstić information content (AvgIpc) is 2.47. The molecule has 2 heterocycles. The zero-order chi connectivity index (χ0) is 10.1. The molecule has 0 bridgehead atoms. The Labute approximate surface area is 81.1 Å². The molecule has 2 rings (SSSR count). The smallest absolute Gasteiger partial charge is 0.325 e. The number of rotatable bonds is 2. The van der Waals surface area contributed by atoms with Crippen molar-refractivity contribution in [1.29, 1.82) is 0 Å². The van der Waals surface area contributed by atoms with Crippen molar-refractivity contribution in [2.75, 3.05) is 13.6 Å². The zero-order valence-electron chi connectivity index (χ0n) is 7.97. The first kappa shape index (κ1) is 9.14. The summed E-state index contributed by atoms with van der Waals surface area (Å²) in [6, 6.07) is 0. The molecular weight excluding hydrogens is 184 g/mol. The van der Waals surface area contributed by atoms with Crippen molar-refractivity contribution in [3.8, 4) is 0 Å². The summed E-state index contributed by atoms with van der Waals surface area (Å²) in [5, 5.41) is 16.4. The number of nitrogens with zero attached hydrogens (tertiary/aromatic N) is 4. The molecule has 1 aliphatic heterocycles. The lowest BCUT2D eigenvalue weighted by atomic mass is 10.1. The lowest BCUT2D eigenvalue weighted by Crippen LogP contribution is -2.28. The fraction of sp³-hybridized carbons (Fsp3) is 0.625. The van der Waals surface area contributed by atoms with Crippen LogP contribution in [0.3, 0.4) is 0 Å². The summed E-state index contributed by atoms with van der Waals surface area (Å²) in [5.41, 5.74) is 1.87. The van der Waals surface area contributed by atoms with Crippen LogP contribution in [0, 0.1) is 0 Å². The van der Waals surface area contributed by atoms with Crippen molar-refractivity contribution in [2.24, 2.45) is 0 Å². The number of fused-ring (bicyclic) bond motifs is 1. The molecule has 1 aliphatic rings. The molecule has 6 nitrogen and oxygen atoms in total. The third kappa shape index (κ3) is 1.60. The third-order valence-electron chi connectivity index (χ3n) is 2.35. The third-order valence-corrected chi connectivity index (χ3v) is 2.35. The second-order valence-electron chi connectivity index (χ2n) is 3.52. The van der Waals surface area contributed by atoms with Gasteiger partial charge in [-0.2, -0.15) is 0 Å². The van der Waals surface area contributed by atoms with Gasteiger partial charge in [0.1, 0.15) is 6.54 Å². The van der Waals surface area contributed by atoms with Crippen molar-refractivity contribution in [3.05, 3.63) is 11.4 Å². The van der Waals surface area contributed by atoms with Gasteiger partial charge in [-0.25, -0.2) is 4.68 Å². The Hall–Kier alpha value is -1.43. The van der Waals surface area contributed by atoms with E-state index in [1.165, 1.54) is 4.68 Å². The normalized spacial score (nSPS) is 16.6. The standard InChI is InChI=1S/C8H12N4O2/c1-11-3-2-6-7(4-11)12(10-9-6)5-8(13)14/h2-5H2,1H3,(H,13,14). The predicted molar refractivity (Wildman–Crippen MR) is 47.7 cm³/mol. The topological polar surface area (TPSA) is 71.2 Å². The number of hydrogen-bond acceptors (Lipinski definition) is 4. The number of carboxylic acid groups (broad SMARTS) is 1. The van der Waals surface area contributed by atoms with Crippen molar-refractivity contribution in [1.82, 2.24) is 19.9 Å². The lowest BCUT2D eigenvalue weighted by Gasteiger charge is -2.21. The predicted octanol–water partition coefficient (Wildman–Crippen LogP) is -0.649. The van der Waals surface area contributed by atoms with E-state index in [0.717, 1.165) is 30.9 Å². The highest BCUT2D eigenvalue weighted by atomic mass is 16.4. The largest absolute Gasteiger partial charge is 0.480 e. The maximum Gasteiger partial charge on any atom is 0.325 e. The Bertz CT molecular complexity index is 360. The Morgan fingerprint density at radius 3 is 3.14 bits per heavy atom. The molecule has 0 spiro atoms. The van der Waals surface area contributed by atoms with Crippen LogP contribution in [0.2, 0.25) is 0 Å². The average molecular weight is 196 g/mol. The molecule has 1 N–H and O–H groups in total. The first-order chi connectivity index (χ1) is 6.66. The van der Waals surface area contributed by atoms with Crippen LogP contribution in [0.4, 0.5) is 0 Å². The summed E-state index contributed by atoms with van der Waals surface area (Å²) in [6.45, 7) is 1.59. The molecule has 14 heavy (non-hydrogen) atoms. The molecule has 0 radical (unpaired) electrons. The molecule has 76 valence electrons. The minimum Gasteiger partial charge on any atom is -0.480 e. The summed E-state index contributed by atoms with van der Waals surface area (Å²) in [5.74, 6) is -0.883. The van der Waals surface area contributed by atoms with Crippen LogP contribution >= 0.6 is 0 Å². The number of aromatic nitrogens is 3. The van der Waals surface area contributed by atoms with Crippen LogP contribution < -0.4 is 0 Å². The van der Waals surface area contributed by atoms with Crippen molar-refractivity contribution < 1.29 is 9.90 Å². The zero-order valence-corrected chi connectivity index (χ0v) is 7.97. The van der Waals surface area contributed by atoms with Crippen molar-refractivity contribution in [2.45, 2.75) is 19.5 Å². The molecule has 0 unspecified atom stereocenters. The van der Waals surface area contributed by atoms with Crippen LogP contribution in [0.15, 0.2) is 0 Å². The molecular formula is C8H12N4O2. The van der Waals surface area contributed by atoms with Gasteiger partial charge in [0.05, 0.1) is 11.4 Å². The lowest BCUT2D eigenvalue weighted by molar-refractivity contribution is -0.138. The van der Waals surface area contributed by atoms with Gasteiger partial charge in [0, 0.05) is 19.5 Å². The second-order valence-corrected chi connectivity index (χ2v) is 3.52. The number of hydrogen-bond donors (Lipinski definition) is 1. The first-order valence-electron chi connectivity index (χ1n) is 4.48. The molecule has 0 atom stereocenters. The van der Waals surface area contributed by atoms with Gasteiger partial charge in [-0.1, -0.05) is 5.21 Å². The maximum absolute atomic E-state index is 10.5. The maximum atomic E-state index is 10.5.